The molecule has 0 bridgehead atoms. The first-order chi connectivity index (χ1) is 14.7. The molecule has 0 atom stereocenters. The number of hydrogen-bond acceptors (Lipinski definition) is 6. The van der Waals surface area contributed by atoms with Gasteiger partial charge in [0.15, 0.2) is 0 Å². The van der Waals surface area contributed by atoms with Gasteiger partial charge in [-0.25, -0.2) is 9.97 Å². The van der Waals surface area contributed by atoms with Gasteiger partial charge in [-0.2, -0.15) is 0 Å². The molecule has 1 saturated carbocycles. The van der Waals surface area contributed by atoms with Crippen LogP contribution in [0.25, 0.3) is 11.1 Å². The second-order valence-electron chi connectivity index (χ2n) is 9.08. The lowest BCUT2D eigenvalue weighted by Gasteiger charge is -2.40. The molecule has 7 nitrogen and oxygen atoms in total. The third-order valence-electron chi connectivity index (χ3n) is 7.21. The highest BCUT2D eigenvalue weighted by atomic mass is 16.3. The largest absolute Gasteiger partial charge is 0.442 e. The van der Waals surface area contributed by atoms with Crippen LogP contribution in [0.5, 0.6) is 0 Å². The summed E-state index contributed by atoms with van der Waals surface area (Å²) in [5.74, 6) is 1.59. The molecule has 2 aromatic rings. The van der Waals surface area contributed by atoms with Crippen molar-refractivity contribution in [3.8, 4) is 0 Å². The van der Waals surface area contributed by atoms with E-state index in [9.17, 15) is 4.79 Å². The Balaban J connectivity index is 1.38. The molecule has 0 radical (unpaired) electrons. The summed E-state index contributed by atoms with van der Waals surface area (Å²) in [4.78, 5) is 29.4. The second-order valence-corrected chi connectivity index (χ2v) is 9.08. The molecule has 1 aliphatic carbocycles. The summed E-state index contributed by atoms with van der Waals surface area (Å²) in [7, 11) is 0. The van der Waals surface area contributed by atoms with Crippen LogP contribution in [0.15, 0.2) is 10.7 Å². The molecule has 5 rings (SSSR count). The summed E-state index contributed by atoms with van der Waals surface area (Å²) in [5.41, 5.74) is 1.20. The van der Waals surface area contributed by atoms with E-state index in [0.717, 1.165) is 63.3 Å². The first-order valence-electron chi connectivity index (χ1n) is 11.7. The number of carbonyl (C=O) groups excluding carboxylic acids is 1. The molecular weight excluding hydrogens is 378 g/mol. The molecule has 2 aromatic heterocycles. The van der Waals surface area contributed by atoms with Crippen LogP contribution in [-0.4, -0.2) is 71.0 Å². The Bertz CT molecular complexity index is 890. The zero-order valence-corrected chi connectivity index (χ0v) is 18.1. The number of hydrogen-bond donors (Lipinski definition) is 0. The fourth-order valence-corrected chi connectivity index (χ4v) is 5.53. The second kappa shape index (κ2) is 8.53. The van der Waals surface area contributed by atoms with Gasteiger partial charge in [-0.05, 0) is 39.0 Å². The quantitative estimate of drug-likeness (QED) is 0.769. The van der Waals surface area contributed by atoms with E-state index in [-0.39, 0.29) is 5.91 Å². The summed E-state index contributed by atoms with van der Waals surface area (Å²) >= 11 is 0. The lowest BCUT2D eigenvalue weighted by atomic mass is 9.94. The van der Waals surface area contributed by atoms with Crippen molar-refractivity contribution in [3.05, 3.63) is 17.7 Å². The maximum Gasteiger partial charge on any atom is 0.258 e. The summed E-state index contributed by atoms with van der Waals surface area (Å²) in [6, 6.07) is 0.714. The fraction of sp³-hybridized carbons (Fsp3) is 0.696. The van der Waals surface area contributed by atoms with Gasteiger partial charge >= 0.3 is 0 Å². The molecule has 2 saturated heterocycles. The number of aryl methyl sites for hydroxylation is 1. The van der Waals surface area contributed by atoms with Gasteiger partial charge in [0.1, 0.15) is 17.9 Å². The third kappa shape index (κ3) is 3.68. The summed E-state index contributed by atoms with van der Waals surface area (Å²) in [5, 5.41) is 0.802. The van der Waals surface area contributed by atoms with Crippen LogP contribution < -0.4 is 4.90 Å². The number of anilines is 1. The highest BCUT2D eigenvalue weighted by Gasteiger charge is 2.32. The van der Waals surface area contributed by atoms with E-state index in [1.807, 2.05) is 11.8 Å². The highest BCUT2D eigenvalue weighted by Crippen LogP contribution is 2.33. The van der Waals surface area contributed by atoms with Crippen LogP contribution in [-0.2, 0) is 0 Å². The molecule has 0 spiro atoms. The zero-order chi connectivity index (χ0) is 20.5. The predicted molar refractivity (Wildman–Crippen MR) is 117 cm³/mol. The van der Waals surface area contributed by atoms with E-state index < -0.39 is 0 Å². The van der Waals surface area contributed by atoms with Crippen molar-refractivity contribution in [2.45, 2.75) is 64.3 Å². The van der Waals surface area contributed by atoms with Crippen LogP contribution in [0, 0.1) is 6.92 Å². The minimum Gasteiger partial charge on any atom is -0.442 e. The van der Waals surface area contributed by atoms with Crippen LogP contribution in [0.3, 0.4) is 0 Å². The molecule has 2 aliphatic heterocycles. The van der Waals surface area contributed by atoms with Gasteiger partial charge in [0.2, 0.25) is 5.71 Å². The average Bonchev–Trinajstić information content (AvgIpc) is 3.15. The highest BCUT2D eigenvalue weighted by molar-refractivity contribution is 6.10. The van der Waals surface area contributed by atoms with E-state index in [1.165, 1.54) is 38.5 Å². The normalized spacial score (nSPS) is 22.0. The van der Waals surface area contributed by atoms with E-state index in [1.54, 1.807) is 6.33 Å². The lowest BCUT2D eigenvalue weighted by Crippen LogP contribution is -2.52. The molecule has 1 amide bonds. The molecule has 0 aromatic carbocycles. The van der Waals surface area contributed by atoms with Crippen LogP contribution in [0.1, 0.15) is 67.5 Å². The molecular formula is C23H33N5O2. The number of rotatable bonds is 3. The predicted octanol–water partition coefficient (Wildman–Crippen LogP) is 3.61. The third-order valence-corrected chi connectivity index (χ3v) is 7.21. The Kier molecular flexibility index (Phi) is 5.63. The first-order valence-corrected chi connectivity index (χ1v) is 11.7. The van der Waals surface area contributed by atoms with Gasteiger partial charge in [0.25, 0.3) is 5.91 Å². The summed E-state index contributed by atoms with van der Waals surface area (Å²) in [6.45, 7) is 7.35. The number of aromatic nitrogens is 2. The Morgan fingerprint density at radius 1 is 0.933 bits per heavy atom. The molecule has 30 heavy (non-hydrogen) atoms. The molecule has 3 aliphatic rings. The molecule has 7 heteroatoms. The van der Waals surface area contributed by atoms with E-state index >= 15 is 0 Å². The van der Waals surface area contributed by atoms with Crippen molar-refractivity contribution in [1.29, 1.82) is 0 Å². The molecule has 4 heterocycles. The van der Waals surface area contributed by atoms with Crippen LogP contribution >= 0.6 is 0 Å². The number of fused-ring (bicyclic) bond motifs is 1. The Hall–Kier alpha value is -2.15. The molecule has 0 unspecified atom stereocenters. The van der Waals surface area contributed by atoms with Gasteiger partial charge in [-0.1, -0.05) is 19.3 Å². The number of carbonyl (C=O) groups is 1. The number of nitrogens with zero attached hydrogens (tertiary/aromatic N) is 5. The number of piperidine rings is 1. The van der Waals surface area contributed by atoms with Gasteiger partial charge in [0.05, 0.1) is 10.9 Å². The Morgan fingerprint density at radius 3 is 2.37 bits per heavy atom. The van der Waals surface area contributed by atoms with Crippen molar-refractivity contribution >= 4 is 22.8 Å². The van der Waals surface area contributed by atoms with Gasteiger partial charge < -0.3 is 14.2 Å². The van der Waals surface area contributed by atoms with E-state index in [4.69, 9.17) is 4.42 Å². The fourth-order valence-electron chi connectivity index (χ4n) is 5.53. The molecule has 3 fully saturated rings. The maximum atomic E-state index is 13.6. The minimum absolute atomic E-state index is 0.0719. The average molecular weight is 412 g/mol. The van der Waals surface area contributed by atoms with Crippen molar-refractivity contribution in [1.82, 2.24) is 19.8 Å². The Labute approximate surface area is 178 Å². The van der Waals surface area contributed by atoms with E-state index in [2.05, 4.69) is 19.8 Å². The first kappa shape index (κ1) is 19.8. The smallest absolute Gasteiger partial charge is 0.258 e. The Morgan fingerprint density at radius 2 is 1.63 bits per heavy atom. The zero-order valence-electron chi connectivity index (χ0n) is 18.1. The molecule has 0 N–H and O–H groups in total. The van der Waals surface area contributed by atoms with Crippen LogP contribution in [0.2, 0.25) is 0 Å². The van der Waals surface area contributed by atoms with Gasteiger partial charge in [-0.15, -0.1) is 0 Å². The summed E-state index contributed by atoms with van der Waals surface area (Å²) in [6.07, 6.45) is 11.9. The SMILES string of the molecule is Cc1oc2ncnc(N3CCCCC3)c2c1C(=O)N1CCN(C2CCCCC2)CC1. The number of piperazine rings is 1. The number of amides is 1. The lowest BCUT2D eigenvalue weighted by molar-refractivity contribution is 0.0523. The van der Waals surface area contributed by atoms with Gasteiger partial charge in [0, 0.05) is 45.3 Å². The van der Waals surface area contributed by atoms with Crippen molar-refractivity contribution in [2.24, 2.45) is 0 Å². The minimum atomic E-state index is 0.0719. The standard InChI is InChI=1S/C23H33N5O2/c1-17-19(20-21(24-16-25-22(20)30-17)27-10-6-3-7-11-27)23(29)28-14-12-26(13-15-28)18-8-4-2-5-9-18/h16,18H,2-15H2,1H3. The van der Waals surface area contributed by atoms with Crippen molar-refractivity contribution < 1.29 is 9.21 Å². The van der Waals surface area contributed by atoms with Crippen molar-refractivity contribution in [2.75, 3.05) is 44.2 Å². The van der Waals surface area contributed by atoms with E-state index in [0.29, 0.717) is 23.1 Å². The van der Waals surface area contributed by atoms with Gasteiger partial charge in [-0.3, -0.25) is 9.69 Å². The molecule has 162 valence electrons. The summed E-state index contributed by atoms with van der Waals surface area (Å²) < 4.78 is 5.92. The van der Waals surface area contributed by atoms with Crippen LogP contribution in [0.4, 0.5) is 5.82 Å². The maximum absolute atomic E-state index is 13.6. The monoisotopic (exact) mass is 411 g/mol. The number of furan rings is 1. The topological polar surface area (TPSA) is 65.7 Å². The van der Waals surface area contributed by atoms with Crippen molar-refractivity contribution in [3.63, 3.8) is 0 Å².